The number of aromatic nitrogens is 2. The average Bonchev–Trinajstić information content (AvgIpc) is 2.60. The first-order valence-electron chi connectivity index (χ1n) is 7.87. The second kappa shape index (κ2) is 7.42. The van der Waals surface area contributed by atoms with E-state index in [1.54, 1.807) is 6.08 Å². The van der Waals surface area contributed by atoms with Crippen molar-refractivity contribution in [3.8, 4) is 11.3 Å². The fourth-order valence-corrected chi connectivity index (χ4v) is 2.38. The fraction of sp³-hybridized carbons (Fsp3) is 0.100. The lowest BCUT2D eigenvalue weighted by molar-refractivity contribution is 1.12. The molecule has 3 rings (SSSR count). The van der Waals surface area contributed by atoms with E-state index < -0.39 is 0 Å². The van der Waals surface area contributed by atoms with Crippen molar-refractivity contribution < 1.29 is 0 Å². The van der Waals surface area contributed by atoms with Gasteiger partial charge in [0.05, 0.1) is 5.69 Å². The van der Waals surface area contributed by atoms with Crippen LogP contribution in [-0.4, -0.2) is 16.5 Å². The Morgan fingerprint density at radius 3 is 2.58 bits per heavy atom. The van der Waals surface area contributed by atoms with E-state index in [4.69, 9.17) is 0 Å². The Balaban J connectivity index is 1.96. The monoisotopic (exact) mass is 316 g/mol. The summed E-state index contributed by atoms with van der Waals surface area (Å²) in [6.07, 6.45) is 1.78. The van der Waals surface area contributed by atoms with Crippen molar-refractivity contribution in [2.45, 2.75) is 6.92 Å². The molecule has 1 heterocycles. The molecule has 0 saturated heterocycles. The summed E-state index contributed by atoms with van der Waals surface area (Å²) in [5.41, 5.74) is 4.12. The van der Waals surface area contributed by atoms with Crippen LogP contribution < -0.4 is 10.6 Å². The van der Waals surface area contributed by atoms with Crippen LogP contribution >= 0.6 is 0 Å². The minimum absolute atomic E-state index is 0.575. The van der Waals surface area contributed by atoms with E-state index >= 15 is 0 Å². The van der Waals surface area contributed by atoms with Gasteiger partial charge in [0, 0.05) is 23.9 Å². The summed E-state index contributed by atoms with van der Waals surface area (Å²) < 4.78 is 0. The van der Waals surface area contributed by atoms with Crippen LogP contribution in [0.4, 0.5) is 17.5 Å². The van der Waals surface area contributed by atoms with Crippen LogP contribution in [0.15, 0.2) is 73.3 Å². The van der Waals surface area contributed by atoms with Gasteiger partial charge in [0.15, 0.2) is 0 Å². The van der Waals surface area contributed by atoms with Gasteiger partial charge in [0.1, 0.15) is 5.82 Å². The summed E-state index contributed by atoms with van der Waals surface area (Å²) in [7, 11) is 0. The lowest BCUT2D eigenvalue weighted by atomic mass is 10.1. The van der Waals surface area contributed by atoms with E-state index in [0.717, 1.165) is 22.8 Å². The first-order chi connectivity index (χ1) is 11.7. The third-order valence-corrected chi connectivity index (χ3v) is 3.49. The Morgan fingerprint density at radius 1 is 1.00 bits per heavy atom. The summed E-state index contributed by atoms with van der Waals surface area (Å²) in [5, 5.41) is 6.52. The van der Waals surface area contributed by atoms with E-state index in [1.165, 1.54) is 5.56 Å². The normalized spacial score (nSPS) is 10.2. The highest BCUT2D eigenvalue weighted by Gasteiger charge is 2.07. The SMILES string of the molecule is C=CCNc1nc(Nc2cccc(C)c2)cc(-c2ccccc2)n1. The average molecular weight is 316 g/mol. The van der Waals surface area contributed by atoms with Crippen LogP contribution in [0.2, 0.25) is 0 Å². The molecule has 0 radical (unpaired) electrons. The van der Waals surface area contributed by atoms with Crippen LogP contribution in [0.1, 0.15) is 5.56 Å². The van der Waals surface area contributed by atoms with Crippen molar-refractivity contribution >= 4 is 17.5 Å². The molecule has 2 N–H and O–H groups in total. The maximum absolute atomic E-state index is 4.59. The smallest absolute Gasteiger partial charge is 0.225 e. The number of benzene rings is 2. The Kier molecular flexibility index (Phi) is 4.87. The second-order valence-corrected chi connectivity index (χ2v) is 5.49. The van der Waals surface area contributed by atoms with Crippen molar-refractivity contribution in [2.75, 3.05) is 17.2 Å². The van der Waals surface area contributed by atoms with Gasteiger partial charge < -0.3 is 10.6 Å². The largest absolute Gasteiger partial charge is 0.351 e. The van der Waals surface area contributed by atoms with Gasteiger partial charge in [0.2, 0.25) is 5.95 Å². The highest BCUT2D eigenvalue weighted by molar-refractivity contribution is 5.67. The molecule has 24 heavy (non-hydrogen) atoms. The lowest BCUT2D eigenvalue weighted by Gasteiger charge is -2.11. The molecule has 2 aromatic carbocycles. The zero-order chi connectivity index (χ0) is 16.8. The predicted molar refractivity (Wildman–Crippen MR) is 101 cm³/mol. The number of rotatable bonds is 6. The molecule has 3 aromatic rings. The van der Waals surface area contributed by atoms with Crippen LogP contribution in [-0.2, 0) is 0 Å². The highest BCUT2D eigenvalue weighted by atomic mass is 15.1. The molecule has 0 atom stereocenters. The van der Waals surface area contributed by atoms with Crippen LogP contribution in [0.5, 0.6) is 0 Å². The van der Waals surface area contributed by atoms with Gasteiger partial charge in [-0.25, -0.2) is 4.98 Å². The molecule has 0 bridgehead atoms. The third-order valence-electron chi connectivity index (χ3n) is 3.49. The minimum Gasteiger partial charge on any atom is -0.351 e. The molecule has 0 aliphatic rings. The van der Waals surface area contributed by atoms with Crippen molar-refractivity contribution in [3.05, 3.63) is 78.9 Å². The Bertz CT molecular complexity index is 828. The summed E-state index contributed by atoms with van der Waals surface area (Å²) in [6, 6.07) is 20.2. The van der Waals surface area contributed by atoms with Gasteiger partial charge in [-0.15, -0.1) is 6.58 Å². The van der Waals surface area contributed by atoms with Crippen molar-refractivity contribution in [1.82, 2.24) is 9.97 Å². The highest BCUT2D eigenvalue weighted by Crippen LogP contribution is 2.23. The Morgan fingerprint density at radius 2 is 1.83 bits per heavy atom. The summed E-state index contributed by atoms with van der Waals surface area (Å²) in [6.45, 7) is 6.40. The molecule has 0 spiro atoms. The molecule has 0 unspecified atom stereocenters. The van der Waals surface area contributed by atoms with Crippen molar-refractivity contribution in [3.63, 3.8) is 0 Å². The van der Waals surface area contributed by atoms with E-state index in [0.29, 0.717) is 12.5 Å². The molecule has 4 heteroatoms. The number of hydrogen-bond donors (Lipinski definition) is 2. The standard InChI is InChI=1S/C20H20N4/c1-3-12-21-20-23-18(16-9-5-4-6-10-16)14-19(24-20)22-17-11-7-8-15(2)13-17/h3-11,13-14H,1,12H2,2H3,(H2,21,22,23,24). The third kappa shape index (κ3) is 3.98. The molecule has 0 amide bonds. The minimum atomic E-state index is 0.575. The van der Waals surface area contributed by atoms with Gasteiger partial charge >= 0.3 is 0 Å². The summed E-state index contributed by atoms with van der Waals surface area (Å²) in [4.78, 5) is 9.13. The summed E-state index contributed by atoms with van der Waals surface area (Å²) >= 11 is 0. The van der Waals surface area contributed by atoms with E-state index in [9.17, 15) is 0 Å². The van der Waals surface area contributed by atoms with Gasteiger partial charge in [-0.05, 0) is 24.6 Å². The van der Waals surface area contributed by atoms with Gasteiger partial charge in [-0.3, -0.25) is 0 Å². The molecule has 0 saturated carbocycles. The molecule has 0 aliphatic carbocycles. The van der Waals surface area contributed by atoms with Crippen molar-refractivity contribution in [2.24, 2.45) is 0 Å². The Hall–Kier alpha value is -3.14. The number of anilines is 3. The molecular formula is C20H20N4. The Labute approximate surface area is 142 Å². The maximum atomic E-state index is 4.59. The van der Waals surface area contributed by atoms with Crippen molar-refractivity contribution in [1.29, 1.82) is 0 Å². The van der Waals surface area contributed by atoms with Gasteiger partial charge in [-0.1, -0.05) is 48.5 Å². The molecule has 120 valence electrons. The van der Waals surface area contributed by atoms with E-state index in [2.05, 4.69) is 46.2 Å². The van der Waals surface area contributed by atoms with Gasteiger partial charge in [0.25, 0.3) is 0 Å². The topological polar surface area (TPSA) is 49.8 Å². The molecule has 4 nitrogen and oxygen atoms in total. The van der Waals surface area contributed by atoms with Gasteiger partial charge in [-0.2, -0.15) is 4.98 Å². The first kappa shape index (κ1) is 15.7. The zero-order valence-electron chi connectivity index (χ0n) is 13.7. The zero-order valence-corrected chi connectivity index (χ0v) is 13.7. The lowest BCUT2D eigenvalue weighted by Crippen LogP contribution is -2.06. The predicted octanol–water partition coefficient (Wildman–Crippen LogP) is 4.79. The number of nitrogens with one attached hydrogen (secondary N) is 2. The summed E-state index contributed by atoms with van der Waals surface area (Å²) in [5.74, 6) is 1.33. The quantitative estimate of drug-likeness (QED) is 0.642. The van der Waals surface area contributed by atoms with Crippen LogP contribution in [0, 0.1) is 6.92 Å². The molecular weight excluding hydrogens is 296 g/mol. The van der Waals surface area contributed by atoms with E-state index in [1.807, 2.05) is 48.5 Å². The molecule has 0 aliphatic heterocycles. The molecule has 1 aromatic heterocycles. The second-order valence-electron chi connectivity index (χ2n) is 5.49. The number of hydrogen-bond acceptors (Lipinski definition) is 4. The van der Waals surface area contributed by atoms with Crippen LogP contribution in [0.25, 0.3) is 11.3 Å². The fourth-order valence-electron chi connectivity index (χ4n) is 2.38. The molecule has 0 fully saturated rings. The number of nitrogens with zero attached hydrogens (tertiary/aromatic N) is 2. The number of aryl methyl sites for hydroxylation is 1. The first-order valence-corrected chi connectivity index (χ1v) is 7.87. The maximum Gasteiger partial charge on any atom is 0.225 e. The van der Waals surface area contributed by atoms with E-state index in [-0.39, 0.29) is 0 Å². The van der Waals surface area contributed by atoms with Crippen LogP contribution in [0.3, 0.4) is 0 Å².